The van der Waals surface area contributed by atoms with Gasteiger partial charge in [0.2, 0.25) is 5.91 Å². The van der Waals surface area contributed by atoms with Crippen molar-refractivity contribution in [3.05, 3.63) is 0 Å². The fourth-order valence-corrected chi connectivity index (χ4v) is 4.86. The largest absolute Gasteiger partial charge is 0.335 e. The van der Waals surface area contributed by atoms with Gasteiger partial charge in [0.1, 0.15) is 0 Å². The minimum absolute atomic E-state index is 0.145. The molecule has 0 aromatic carbocycles. The number of hydrogen-bond donors (Lipinski definition) is 2. The third-order valence-electron chi connectivity index (χ3n) is 4.17. The van der Waals surface area contributed by atoms with Gasteiger partial charge < -0.3 is 5.32 Å². The first kappa shape index (κ1) is 18.5. The summed E-state index contributed by atoms with van der Waals surface area (Å²) < 4.78 is 1.60. The molecule has 0 radical (unpaired) electrons. The van der Waals surface area contributed by atoms with Gasteiger partial charge in [-0.05, 0) is 24.5 Å². The van der Waals surface area contributed by atoms with Crippen LogP contribution in [0.2, 0.25) is 0 Å². The lowest BCUT2D eigenvalue weighted by Crippen LogP contribution is -2.49. The quantitative estimate of drug-likeness (QED) is 0.771. The summed E-state index contributed by atoms with van der Waals surface area (Å²) in [6.45, 7) is 4.37. The average Bonchev–Trinajstić information content (AvgIpc) is 2.98. The minimum Gasteiger partial charge on any atom is -0.335 e. The predicted molar refractivity (Wildman–Crippen MR) is 95.1 cm³/mol. The van der Waals surface area contributed by atoms with E-state index in [1.165, 1.54) is 41.3 Å². The summed E-state index contributed by atoms with van der Waals surface area (Å²) >= 11 is 4.26. The molecule has 0 unspecified atom stereocenters. The zero-order valence-electron chi connectivity index (χ0n) is 13.5. The highest BCUT2D eigenvalue weighted by Crippen LogP contribution is 2.29. The Bertz CT molecular complexity index is 552. The Morgan fingerprint density at radius 2 is 2.00 bits per heavy atom. The van der Waals surface area contributed by atoms with E-state index in [2.05, 4.69) is 34.7 Å². The van der Waals surface area contributed by atoms with Gasteiger partial charge in [-0.2, -0.15) is 0 Å². The molecule has 128 valence electrons. The molecule has 1 fully saturated rings. The molecule has 2 rings (SSSR count). The van der Waals surface area contributed by atoms with E-state index in [0.717, 1.165) is 21.5 Å². The second-order valence-electron chi connectivity index (χ2n) is 5.72. The first-order chi connectivity index (χ1) is 11.0. The molecule has 0 bridgehead atoms. The van der Waals surface area contributed by atoms with Gasteiger partial charge in [-0.25, -0.2) is 4.79 Å². The molecule has 1 aromatic heterocycles. The summed E-state index contributed by atoms with van der Waals surface area (Å²) in [4.78, 5) is 23.8. The Kier molecular flexibility index (Phi) is 7.16. The lowest BCUT2D eigenvalue weighted by atomic mass is 9.78. The first-order valence-corrected chi connectivity index (χ1v) is 10.6. The third-order valence-corrected chi connectivity index (χ3v) is 7.20. The van der Waals surface area contributed by atoms with E-state index in [-0.39, 0.29) is 17.7 Å². The van der Waals surface area contributed by atoms with Crippen LogP contribution in [-0.4, -0.2) is 40.2 Å². The van der Waals surface area contributed by atoms with Crippen molar-refractivity contribution in [1.29, 1.82) is 0 Å². The molecule has 1 aliphatic rings. The number of thioether (sulfide) groups is 2. The SMILES string of the molecule is CSc1nnc(SCC(=O)NC(=O)N[C@@H]2CCC[C@H](C)[C@H]2C)s1. The fourth-order valence-electron chi connectivity index (χ4n) is 2.62. The fraction of sp³-hybridized carbons (Fsp3) is 0.714. The normalized spacial score (nSPS) is 24.2. The summed E-state index contributed by atoms with van der Waals surface area (Å²) in [5, 5.41) is 13.3. The van der Waals surface area contributed by atoms with Gasteiger partial charge in [0.15, 0.2) is 8.68 Å². The number of aromatic nitrogens is 2. The smallest absolute Gasteiger partial charge is 0.321 e. The van der Waals surface area contributed by atoms with E-state index in [0.29, 0.717) is 11.8 Å². The number of nitrogens with zero attached hydrogens (tertiary/aromatic N) is 2. The standard InChI is InChI=1S/C14H22N4O2S3/c1-8-5-4-6-10(9(8)2)15-12(20)16-11(19)7-22-14-18-17-13(21-3)23-14/h8-10H,4-7H2,1-3H3,(H2,15,16,19,20)/t8-,9+,10+/m0/s1. The monoisotopic (exact) mass is 374 g/mol. The zero-order valence-corrected chi connectivity index (χ0v) is 15.9. The van der Waals surface area contributed by atoms with Gasteiger partial charge in [0.25, 0.3) is 0 Å². The van der Waals surface area contributed by atoms with Gasteiger partial charge in [-0.1, -0.05) is 61.5 Å². The van der Waals surface area contributed by atoms with Crippen molar-refractivity contribution < 1.29 is 9.59 Å². The van der Waals surface area contributed by atoms with Crippen LogP contribution in [0.5, 0.6) is 0 Å². The number of urea groups is 1. The van der Waals surface area contributed by atoms with Gasteiger partial charge in [-0.15, -0.1) is 10.2 Å². The van der Waals surface area contributed by atoms with Crippen LogP contribution in [0.3, 0.4) is 0 Å². The van der Waals surface area contributed by atoms with Crippen LogP contribution in [0.4, 0.5) is 4.79 Å². The van der Waals surface area contributed by atoms with E-state index < -0.39 is 6.03 Å². The molecule has 0 saturated heterocycles. The molecule has 9 heteroatoms. The third kappa shape index (κ3) is 5.65. The predicted octanol–water partition coefficient (Wildman–Crippen LogP) is 3.00. The Morgan fingerprint density at radius 1 is 1.26 bits per heavy atom. The second kappa shape index (κ2) is 8.89. The molecule has 1 aliphatic carbocycles. The number of imide groups is 1. The molecule has 1 aromatic rings. The molecule has 0 spiro atoms. The van der Waals surface area contributed by atoms with Gasteiger partial charge in [-0.3, -0.25) is 10.1 Å². The van der Waals surface area contributed by atoms with E-state index in [1.807, 2.05) is 6.26 Å². The molecule has 23 heavy (non-hydrogen) atoms. The Hall–Kier alpha value is -0.800. The molecular weight excluding hydrogens is 352 g/mol. The van der Waals surface area contributed by atoms with Crippen molar-refractivity contribution >= 4 is 46.8 Å². The first-order valence-electron chi connectivity index (χ1n) is 7.60. The highest BCUT2D eigenvalue weighted by Gasteiger charge is 2.28. The summed E-state index contributed by atoms with van der Waals surface area (Å²) in [6.07, 6.45) is 5.23. The van der Waals surface area contributed by atoms with Crippen LogP contribution in [-0.2, 0) is 4.79 Å². The van der Waals surface area contributed by atoms with Crippen LogP contribution in [0, 0.1) is 11.8 Å². The number of rotatable bonds is 5. The second-order valence-corrected chi connectivity index (χ2v) is 8.98. The van der Waals surface area contributed by atoms with Crippen LogP contribution in [0.1, 0.15) is 33.1 Å². The maximum Gasteiger partial charge on any atom is 0.321 e. The summed E-state index contributed by atoms with van der Waals surface area (Å²) in [6, 6.07) is -0.255. The molecule has 3 amide bonds. The molecular formula is C14H22N4O2S3. The van der Waals surface area contributed by atoms with Crippen molar-refractivity contribution in [3.8, 4) is 0 Å². The molecule has 1 heterocycles. The van der Waals surface area contributed by atoms with Crippen molar-refractivity contribution in [1.82, 2.24) is 20.8 Å². The van der Waals surface area contributed by atoms with Crippen molar-refractivity contribution in [2.75, 3.05) is 12.0 Å². The zero-order chi connectivity index (χ0) is 16.8. The van der Waals surface area contributed by atoms with E-state index >= 15 is 0 Å². The number of carbonyl (C=O) groups is 2. The lowest BCUT2D eigenvalue weighted by Gasteiger charge is -2.34. The molecule has 6 nitrogen and oxygen atoms in total. The topological polar surface area (TPSA) is 84.0 Å². The number of hydrogen-bond acceptors (Lipinski definition) is 7. The Balaban J connectivity index is 1.72. The highest BCUT2D eigenvalue weighted by atomic mass is 32.2. The lowest BCUT2D eigenvalue weighted by molar-refractivity contribution is -0.117. The highest BCUT2D eigenvalue weighted by molar-refractivity contribution is 8.03. The minimum atomic E-state index is -0.399. The Labute approximate surface area is 149 Å². The van der Waals surface area contributed by atoms with E-state index in [4.69, 9.17) is 0 Å². The summed E-state index contributed by atoms with van der Waals surface area (Å²) in [5.41, 5.74) is 0. The molecule has 1 saturated carbocycles. The summed E-state index contributed by atoms with van der Waals surface area (Å²) in [5.74, 6) is 0.881. The van der Waals surface area contributed by atoms with E-state index in [1.54, 1.807) is 0 Å². The molecule has 3 atom stereocenters. The number of carbonyl (C=O) groups excluding carboxylic acids is 2. The van der Waals surface area contributed by atoms with Crippen LogP contribution < -0.4 is 10.6 Å². The maximum absolute atomic E-state index is 12.0. The number of amides is 3. The van der Waals surface area contributed by atoms with Crippen molar-refractivity contribution in [3.63, 3.8) is 0 Å². The van der Waals surface area contributed by atoms with Gasteiger partial charge in [0.05, 0.1) is 5.75 Å². The number of nitrogens with one attached hydrogen (secondary N) is 2. The summed E-state index contributed by atoms with van der Waals surface area (Å²) in [7, 11) is 0. The molecule has 2 N–H and O–H groups in total. The van der Waals surface area contributed by atoms with E-state index in [9.17, 15) is 9.59 Å². The van der Waals surface area contributed by atoms with Crippen LogP contribution in [0.15, 0.2) is 8.68 Å². The average molecular weight is 375 g/mol. The maximum atomic E-state index is 12.0. The van der Waals surface area contributed by atoms with Crippen LogP contribution in [0.25, 0.3) is 0 Å². The Morgan fingerprint density at radius 3 is 2.70 bits per heavy atom. The van der Waals surface area contributed by atoms with Crippen molar-refractivity contribution in [2.24, 2.45) is 11.8 Å². The van der Waals surface area contributed by atoms with Gasteiger partial charge >= 0.3 is 6.03 Å². The van der Waals surface area contributed by atoms with Crippen LogP contribution >= 0.6 is 34.9 Å². The van der Waals surface area contributed by atoms with Crippen molar-refractivity contribution in [2.45, 2.75) is 47.8 Å². The molecule has 0 aliphatic heterocycles. The van der Waals surface area contributed by atoms with Gasteiger partial charge in [0, 0.05) is 6.04 Å².